The van der Waals surface area contributed by atoms with Crippen molar-refractivity contribution in [2.45, 2.75) is 61.0 Å². The highest BCUT2D eigenvalue weighted by atomic mass is 32.2. The summed E-state index contributed by atoms with van der Waals surface area (Å²) in [5.74, 6) is -0.508. The number of hydrogen-bond acceptors (Lipinski definition) is 6. The molecule has 36 heavy (non-hydrogen) atoms. The van der Waals surface area contributed by atoms with Gasteiger partial charge in [-0.3, -0.25) is 4.79 Å². The van der Waals surface area contributed by atoms with Gasteiger partial charge in [-0.1, -0.05) is 42.9 Å². The maximum absolute atomic E-state index is 13.6. The summed E-state index contributed by atoms with van der Waals surface area (Å²) in [5, 5.41) is 3.15. The normalized spacial score (nSPS) is 25.0. The Morgan fingerprint density at radius 3 is 2.72 bits per heavy atom. The largest absolute Gasteiger partial charge is 0.460 e. The smallest absolute Gasteiger partial charge is 0.324 e. The summed E-state index contributed by atoms with van der Waals surface area (Å²) in [6.07, 6.45) is 9.35. The van der Waals surface area contributed by atoms with Crippen molar-refractivity contribution in [1.82, 2.24) is 19.0 Å². The van der Waals surface area contributed by atoms with Gasteiger partial charge < -0.3 is 14.5 Å². The van der Waals surface area contributed by atoms with Crippen LogP contribution in [0.2, 0.25) is 0 Å². The number of fused-ring (bicyclic) bond motifs is 1. The molecule has 2 aromatic heterocycles. The highest BCUT2D eigenvalue weighted by molar-refractivity contribution is 7.89. The fourth-order valence-electron chi connectivity index (χ4n) is 5.64. The number of imidazole rings is 1. The molecule has 2 aliphatic rings. The predicted octanol–water partition coefficient (Wildman–Crippen LogP) is 3.46. The van der Waals surface area contributed by atoms with Crippen LogP contribution in [0.15, 0.2) is 66.0 Å². The molecule has 1 aromatic carbocycles. The zero-order valence-corrected chi connectivity index (χ0v) is 21.8. The van der Waals surface area contributed by atoms with E-state index in [1.807, 2.05) is 28.9 Å². The van der Waals surface area contributed by atoms with Crippen LogP contribution in [-0.4, -0.2) is 58.8 Å². The maximum Gasteiger partial charge on any atom is 0.324 e. The molecule has 0 radical (unpaired) electrons. The lowest BCUT2D eigenvalue weighted by Gasteiger charge is -2.44. The van der Waals surface area contributed by atoms with Gasteiger partial charge in [0.15, 0.2) is 0 Å². The van der Waals surface area contributed by atoms with Gasteiger partial charge in [0.05, 0.1) is 15.3 Å². The molecule has 8 nitrogen and oxygen atoms in total. The number of hydrogen-bond donors (Lipinski definition) is 1. The summed E-state index contributed by atoms with van der Waals surface area (Å²) in [7, 11) is -2.02. The number of benzene rings is 1. The van der Waals surface area contributed by atoms with Gasteiger partial charge in [-0.05, 0) is 55.9 Å². The predicted molar refractivity (Wildman–Crippen MR) is 140 cm³/mol. The number of sulfonamides is 1. The van der Waals surface area contributed by atoms with E-state index in [1.165, 1.54) is 4.31 Å². The Kier molecular flexibility index (Phi) is 6.84. The number of rotatable bonds is 6. The third kappa shape index (κ3) is 4.21. The van der Waals surface area contributed by atoms with E-state index in [0.717, 1.165) is 30.5 Å². The number of pyridine rings is 1. The minimum Gasteiger partial charge on any atom is -0.460 e. The van der Waals surface area contributed by atoms with E-state index in [4.69, 9.17) is 17.0 Å². The first-order valence-corrected chi connectivity index (χ1v) is 14.2. The number of nitrogens with zero attached hydrogens (tertiary/aromatic N) is 3. The van der Waals surface area contributed by atoms with E-state index in [9.17, 15) is 13.2 Å². The number of esters is 1. The summed E-state index contributed by atoms with van der Waals surface area (Å²) in [4.78, 5) is 18.7. The van der Waals surface area contributed by atoms with Crippen LogP contribution in [-0.2, 0) is 25.0 Å². The van der Waals surface area contributed by atoms with Crippen molar-refractivity contribution >= 4 is 38.8 Å². The SMILES string of the molecule is CNC(=S)C1(c2ccc3nccn3c2)CCCCC1OC(=O)C1CCCN1S(=O)(=O)c1ccccc1. The molecule has 5 rings (SSSR count). The first-order valence-electron chi connectivity index (χ1n) is 12.3. The molecular weight excluding hydrogens is 496 g/mol. The van der Waals surface area contributed by atoms with E-state index < -0.39 is 33.6 Å². The van der Waals surface area contributed by atoms with E-state index >= 15 is 0 Å². The van der Waals surface area contributed by atoms with Crippen molar-refractivity contribution in [2.24, 2.45) is 0 Å². The quantitative estimate of drug-likeness (QED) is 0.388. The van der Waals surface area contributed by atoms with Crippen LogP contribution in [0.4, 0.5) is 0 Å². The van der Waals surface area contributed by atoms with Crippen molar-refractivity contribution < 1.29 is 17.9 Å². The number of carbonyl (C=O) groups excluding carboxylic acids is 1. The number of nitrogens with one attached hydrogen (secondary N) is 1. The molecule has 3 aromatic rings. The summed E-state index contributed by atoms with van der Waals surface area (Å²) < 4.78 is 36.1. The number of aromatic nitrogens is 2. The first-order chi connectivity index (χ1) is 17.4. The molecule has 0 bridgehead atoms. The van der Waals surface area contributed by atoms with Crippen molar-refractivity contribution in [1.29, 1.82) is 0 Å². The van der Waals surface area contributed by atoms with Crippen molar-refractivity contribution in [2.75, 3.05) is 13.6 Å². The van der Waals surface area contributed by atoms with Crippen LogP contribution >= 0.6 is 12.2 Å². The standard InChI is InChI=1S/C26H30N4O4S2/c1-27-25(35)26(19-12-13-23-28-15-17-29(23)18-19)14-6-5-11-22(26)34-24(31)21-10-7-16-30(21)36(32,33)20-8-3-2-4-9-20/h2-4,8-9,12-13,15,17-18,21-22H,5-7,10-11,14,16H2,1H3,(H,27,35). The lowest BCUT2D eigenvalue weighted by atomic mass is 9.67. The molecule has 3 atom stereocenters. The van der Waals surface area contributed by atoms with Gasteiger partial charge in [-0.2, -0.15) is 4.31 Å². The van der Waals surface area contributed by atoms with Crippen LogP contribution in [0.25, 0.3) is 5.65 Å². The van der Waals surface area contributed by atoms with Gasteiger partial charge in [-0.25, -0.2) is 13.4 Å². The summed E-state index contributed by atoms with van der Waals surface area (Å²) >= 11 is 5.85. The fourth-order valence-corrected chi connectivity index (χ4v) is 7.66. The molecule has 1 saturated carbocycles. The first kappa shape index (κ1) is 24.9. The Morgan fingerprint density at radius 1 is 1.14 bits per heavy atom. The maximum atomic E-state index is 13.6. The molecular formula is C26H30N4O4S2. The molecule has 10 heteroatoms. The zero-order chi connectivity index (χ0) is 25.3. The molecule has 1 saturated heterocycles. The third-order valence-corrected chi connectivity index (χ3v) is 9.95. The second kappa shape index (κ2) is 9.91. The Morgan fingerprint density at radius 2 is 1.94 bits per heavy atom. The topological polar surface area (TPSA) is 93.0 Å². The van der Waals surface area contributed by atoms with Crippen molar-refractivity contribution in [3.63, 3.8) is 0 Å². The van der Waals surface area contributed by atoms with Gasteiger partial charge in [0.2, 0.25) is 10.0 Å². The Hall–Kier alpha value is -2.82. The van der Waals surface area contributed by atoms with Gasteiger partial charge in [0.25, 0.3) is 0 Å². The summed E-state index contributed by atoms with van der Waals surface area (Å²) in [5.41, 5.74) is 1.06. The van der Waals surface area contributed by atoms with E-state index in [1.54, 1.807) is 43.6 Å². The van der Waals surface area contributed by atoms with E-state index in [2.05, 4.69) is 10.3 Å². The van der Waals surface area contributed by atoms with Crippen LogP contribution in [0.1, 0.15) is 44.1 Å². The average Bonchev–Trinajstić information content (AvgIpc) is 3.59. The molecule has 2 fully saturated rings. The van der Waals surface area contributed by atoms with Crippen molar-refractivity contribution in [3.05, 3.63) is 66.6 Å². The molecule has 1 aliphatic heterocycles. The second-order valence-corrected chi connectivity index (χ2v) is 11.7. The molecule has 3 unspecified atom stereocenters. The Labute approximate surface area is 216 Å². The fraction of sp³-hybridized carbons (Fsp3) is 0.423. The molecule has 3 heterocycles. The van der Waals surface area contributed by atoms with Crippen LogP contribution in [0.5, 0.6) is 0 Å². The molecule has 190 valence electrons. The van der Waals surface area contributed by atoms with Crippen LogP contribution in [0, 0.1) is 0 Å². The average molecular weight is 527 g/mol. The highest BCUT2D eigenvalue weighted by Gasteiger charge is 2.50. The van der Waals surface area contributed by atoms with Crippen LogP contribution in [0.3, 0.4) is 0 Å². The lowest BCUT2D eigenvalue weighted by molar-refractivity contribution is -0.157. The van der Waals surface area contributed by atoms with E-state index in [-0.39, 0.29) is 4.90 Å². The van der Waals surface area contributed by atoms with E-state index in [0.29, 0.717) is 30.8 Å². The number of ether oxygens (including phenoxy) is 1. The second-order valence-electron chi connectivity index (χ2n) is 9.42. The minimum atomic E-state index is -3.81. The van der Waals surface area contributed by atoms with Gasteiger partial charge in [-0.15, -0.1) is 0 Å². The number of carbonyl (C=O) groups is 1. The lowest BCUT2D eigenvalue weighted by Crippen LogP contribution is -2.55. The monoisotopic (exact) mass is 526 g/mol. The highest BCUT2D eigenvalue weighted by Crippen LogP contribution is 2.43. The van der Waals surface area contributed by atoms with Crippen LogP contribution < -0.4 is 5.32 Å². The number of likely N-dealkylation sites (N-methyl/N-ethyl adjacent to an activating group) is 1. The van der Waals surface area contributed by atoms with Gasteiger partial charge >= 0.3 is 5.97 Å². The van der Waals surface area contributed by atoms with Gasteiger partial charge in [0, 0.05) is 32.2 Å². The van der Waals surface area contributed by atoms with Gasteiger partial charge in [0.1, 0.15) is 17.8 Å². The zero-order valence-electron chi connectivity index (χ0n) is 20.2. The Bertz CT molecular complexity index is 1370. The molecule has 0 amide bonds. The third-order valence-electron chi connectivity index (χ3n) is 7.46. The molecule has 1 aliphatic carbocycles. The summed E-state index contributed by atoms with van der Waals surface area (Å²) in [6.45, 7) is 0.291. The summed E-state index contributed by atoms with van der Waals surface area (Å²) in [6, 6.07) is 11.3. The number of thiocarbonyl (C=S) groups is 1. The molecule has 0 spiro atoms. The molecule has 1 N–H and O–H groups in total. The van der Waals surface area contributed by atoms with Crippen molar-refractivity contribution in [3.8, 4) is 0 Å². The Balaban J connectivity index is 1.47. The minimum absolute atomic E-state index is 0.182.